The molecule has 0 aliphatic heterocycles. The van der Waals surface area contributed by atoms with E-state index in [0.717, 1.165) is 24.3 Å². The predicted octanol–water partition coefficient (Wildman–Crippen LogP) is 9.09. The average molecular weight is 445 g/mol. The van der Waals surface area contributed by atoms with E-state index in [1.54, 1.807) is 0 Å². The molecule has 3 rings (SSSR count). The molecule has 2 aromatic rings. The molecule has 1 aliphatic rings. The summed E-state index contributed by atoms with van der Waals surface area (Å²) in [5.41, 5.74) is 4.14. The zero-order valence-corrected chi connectivity index (χ0v) is 21.1. The van der Waals surface area contributed by atoms with Crippen molar-refractivity contribution < 1.29 is 4.74 Å². The molecule has 0 unspecified atom stereocenters. The first-order valence-corrected chi connectivity index (χ1v) is 13.6. The van der Waals surface area contributed by atoms with E-state index in [-0.39, 0.29) is 0 Å². The van der Waals surface area contributed by atoms with Crippen LogP contribution in [-0.4, -0.2) is 6.61 Å². The molecule has 2 aromatic carbocycles. The minimum Gasteiger partial charge on any atom is -0.494 e. The maximum absolute atomic E-state index is 5.84. The lowest BCUT2D eigenvalue weighted by molar-refractivity contribution is 0.305. The van der Waals surface area contributed by atoms with Crippen LogP contribution in [0.25, 0.3) is 0 Å². The minimum absolute atomic E-state index is 0.536. The monoisotopic (exact) mass is 444 g/mol. The number of aryl methyl sites for hydroxylation is 1. The van der Waals surface area contributed by atoms with Crippen LogP contribution in [0.3, 0.4) is 0 Å². The Kier molecular flexibility index (Phi) is 11.4. The van der Waals surface area contributed by atoms with Gasteiger partial charge in [0.05, 0.1) is 6.61 Å². The molecule has 1 nitrogen and oxygen atoms in total. The molecular formula is C32H44O. The van der Waals surface area contributed by atoms with Gasteiger partial charge in [-0.2, -0.15) is 0 Å². The Hall–Kier alpha value is -2.20. The van der Waals surface area contributed by atoms with Crippen molar-refractivity contribution in [1.82, 2.24) is 0 Å². The molecule has 0 bridgehead atoms. The quantitative estimate of drug-likeness (QED) is 0.234. The van der Waals surface area contributed by atoms with Gasteiger partial charge in [0.15, 0.2) is 0 Å². The van der Waals surface area contributed by atoms with Crippen molar-refractivity contribution in [2.45, 2.75) is 103 Å². The Morgan fingerprint density at radius 1 is 0.727 bits per heavy atom. The van der Waals surface area contributed by atoms with Crippen LogP contribution in [0, 0.1) is 17.8 Å². The maximum atomic E-state index is 5.84. The van der Waals surface area contributed by atoms with E-state index in [2.05, 4.69) is 74.2 Å². The number of ether oxygens (including phenoxy) is 1. The van der Waals surface area contributed by atoms with Gasteiger partial charge in [-0.15, -0.1) is 0 Å². The highest BCUT2D eigenvalue weighted by molar-refractivity contribution is 5.38. The van der Waals surface area contributed by atoms with Crippen LogP contribution >= 0.6 is 0 Å². The Balaban J connectivity index is 1.39. The van der Waals surface area contributed by atoms with Crippen molar-refractivity contribution >= 4 is 0 Å². The topological polar surface area (TPSA) is 9.23 Å². The first-order chi connectivity index (χ1) is 16.3. The highest BCUT2D eigenvalue weighted by atomic mass is 16.5. The number of benzene rings is 2. The SMILES string of the molecule is CCCCCCOc1ccc(C#CC2CCC(c3ccc(CCCCCC)cc3)CC2)cc1. The normalized spacial score (nSPS) is 17.9. The van der Waals surface area contributed by atoms with Gasteiger partial charge < -0.3 is 4.74 Å². The van der Waals surface area contributed by atoms with E-state index in [1.807, 2.05) is 0 Å². The summed E-state index contributed by atoms with van der Waals surface area (Å²) in [4.78, 5) is 0. The van der Waals surface area contributed by atoms with Crippen LogP contribution in [0.1, 0.15) is 114 Å². The molecular weight excluding hydrogens is 400 g/mol. The Morgan fingerprint density at radius 2 is 1.39 bits per heavy atom. The van der Waals surface area contributed by atoms with Crippen molar-refractivity contribution in [2.24, 2.45) is 5.92 Å². The van der Waals surface area contributed by atoms with E-state index in [0.29, 0.717) is 11.8 Å². The van der Waals surface area contributed by atoms with Crippen molar-refractivity contribution in [3.05, 3.63) is 65.2 Å². The highest BCUT2D eigenvalue weighted by Crippen LogP contribution is 2.35. The van der Waals surface area contributed by atoms with Gasteiger partial charge in [0.2, 0.25) is 0 Å². The second-order valence-electron chi connectivity index (χ2n) is 9.80. The van der Waals surface area contributed by atoms with E-state index >= 15 is 0 Å². The number of unbranched alkanes of at least 4 members (excludes halogenated alkanes) is 6. The summed E-state index contributed by atoms with van der Waals surface area (Å²) in [6.45, 7) is 5.33. The fraction of sp³-hybridized carbons (Fsp3) is 0.562. The van der Waals surface area contributed by atoms with E-state index < -0.39 is 0 Å². The van der Waals surface area contributed by atoms with E-state index in [9.17, 15) is 0 Å². The lowest BCUT2D eigenvalue weighted by atomic mass is 9.78. The third-order valence-corrected chi connectivity index (χ3v) is 7.04. The Bertz CT molecular complexity index is 829. The largest absolute Gasteiger partial charge is 0.494 e. The summed E-state index contributed by atoms with van der Waals surface area (Å²) in [6, 6.07) is 17.8. The lowest BCUT2D eigenvalue weighted by Crippen LogP contribution is -2.12. The van der Waals surface area contributed by atoms with Crippen molar-refractivity contribution in [1.29, 1.82) is 0 Å². The molecule has 0 N–H and O–H groups in total. The van der Waals surface area contributed by atoms with Crippen molar-refractivity contribution in [3.63, 3.8) is 0 Å². The summed E-state index contributed by atoms with van der Waals surface area (Å²) in [5, 5.41) is 0. The van der Waals surface area contributed by atoms with Gasteiger partial charge in [-0.25, -0.2) is 0 Å². The van der Waals surface area contributed by atoms with Gasteiger partial charge in [-0.3, -0.25) is 0 Å². The van der Waals surface area contributed by atoms with Gasteiger partial charge in [-0.1, -0.05) is 88.5 Å². The summed E-state index contributed by atoms with van der Waals surface area (Å²) in [7, 11) is 0. The molecule has 33 heavy (non-hydrogen) atoms. The molecule has 0 spiro atoms. The predicted molar refractivity (Wildman–Crippen MR) is 142 cm³/mol. The second-order valence-corrected chi connectivity index (χ2v) is 9.80. The van der Waals surface area contributed by atoms with Gasteiger partial charge >= 0.3 is 0 Å². The lowest BCUT2D eigenvalue weighted by Gasteiger charge is -2.26. The second kappa shape index (κ2) is 14.8. The Labute approximate surface area is 203 Å². The third-order valence-electron chi connectivity index (χ3n) is 7.04. The van der Waals surface area contributed by atoms with Gasteiger partial charge in [0.25, 0.3) is 0 Å². The molecule has 1 heteroatoms. The first kappa shape index (κ1) is 25.4. The summed E-state index contributed by atoms with van der Waals surface area (Å²) >= 11 is 0. The molecule has 0 aromatic heterocycles. The standard InChI is InChI=1S/C32H44O/c1-3-5-7-9-11-27-14-20-30(21-15-27)31-22-16-28(17-23-31)12-13-29-18-24-32(25-19-29)33-26-10-8-6-4-2/h14-15,18-21,24-25,28,31H,3-11,16-17,22-23,26H2,1-2H3. The fourth-order valence-electron chi connectivity index (χ4n) is 4.82. The van der Waals surface area contributed by atoms with Gasteiger partial charge in [0, 0.05) is 11.5 Å². The number of hydrogen-bond donors (Lipinski definition) is 0. The molecule has 1 fully saturated rings. The summed E-state index contributed by atoms with van der Waals surface area (Å²) in [6.07, 6.45) is 16.5. The maximum Gasteiger partial charge on any atom is 0.119 e. The molecule has 178 valence electrons. The number of rotatable bonds is 12. The molecule has 1 aliphatic carbocycles. The number of hydrogen-bond acceptors (Lipinski definition) is 1. The van der Waals surface area contributed by atoms with Crippen LogP contribution in [0.15, 0.2) is 48.5 Å². The minimum atomic E-state index is 0.536. The van der Waals surface area contributed by atoms with E-state index in [4.69, 9.17) is 4.74 Å². The van der Waals surface area contributed by atoms with Gasteiger partial charge in [0.1, 0.15) is 5.75 Å². The molecule has 0 amide bonds. The third kappa shape index (κ3) is 9.29. The zero-order valence-electron chi connectivity index (χ0n) is 21.1. The smallest absolute Gasteiger partial charge is 0.119 e. The molecule has 1 saturated carbocycles. The zero-order chi connectivity index (χ0) is 23.1. The van der Waals surface area contributed by atoms with Crippen molar-refractivity contribution in [3.8, 4) is 17.6 Å². The first-order valence-electron chi connectivity index (χ1n) is 13.6. The van der Waals surface area contributed by atoms with Crippen LogP contribution in [0.2, 0.25) is 0 Å². The molecule has 0 heterocycles. The average Bonchev–Trinajstić information content (AvgIpc) is 2.87. The van der Waals surface area contributed by atoms with Crippen LogP contribution in [0.5, 0.6) is 5.75 Å². The molecule has 0 saturated heterocycles. The molecule has 0 atom stereocenters. The highest BCUT2D eigenvalue weighted by Gasteiger charge is 2.21. The van der Waals surface area contributed by atoms with E-state index in [1.165, 1.54) is 88.2 Å². The van der Waals surface area contributed by atoms with Gasteiger partial charge in [-0.05, 0) is 86.3 Å². The fourth-order valence-corrected chi connectivity index (χ4v) is 4.82. The van der Waals surface area contributed by atoms with Crippen molar-refractivity contribution in [2.75, 3.05) is 6.61 Å². The summed E-state index contributed by atoms with van der Waals surface area (Å²) in [5.74, 6) is 9.17. The van der Waals surface area contributed by atoms with Crippen LogP contribution < -0.4 is 4.74 Å². The van der Waals surface area contributed by atoms with Crippen LogP contribution in [-0.2, 0) is 6.42 Å². The summed E-state index contributed by atoms with van der Waals surface area (Å²) < 4.78 is 5.84. The molecule has 0 radical (unpaired) electrons. The Morgan fingerprint density at radius 3 is 2.06 bits per heavy atom. The van der Waals surface area contributed by atoms with Crippen LogP contribution in [0.4, 0.5) is 0 Å².